The van der Waals surface area contributed by atoms with E-state index >= 15 is 0 Å². The Labute approximate surface area is 130 Å². The molecule has 0 spiro atoms. The van der Waals surface area contributed by atoms with E-state index in [4.69, 9.17) is 21.1 Å². The Morgan fingerprint density at radius 2 is 1.81 bits per heavy atom. The Hall–Kier alpha value is -1.55. The minimum atomic E-state index is -0.603. The number of halogens is 1. The molecule has 3 nitrogen and oxygen atoms in total. The van der Waals surface area contributed by atoms with Crippen LogP contribution in [0.4, 0.5) is 0 Å². The average molecular weight is 307 g/mol. The fraction of sp³-hybridized carbons (Fsp3) is 0.294. The van der Waals surface area contributed by atoms with E-state index in [0.717, 1.165) is 22.4 Å². The van der Waals surface area contributed by atoms with E-state index in [1.165, 1.54) is 0 Å². The summed E-state index contributed by atoms with van der Waals surface area (Å²) in [4.78, 5) is 0. The Bertz CT molecular complexity index is 581. The van der Waals surface area contributed by atoms with Crippen LogP contribution in [0.2, 0.25) is 5.02 Å². The Morgan fingerprint density at radius 3 is 2.43 bits per heavy atom. The van der Waals surface area contributed by atoms with Gasteiger partial charge in [-0.05, 0) is 34.9 Å². The van der Waals surface area contributed by atoms with E-state index in [-0.39, 0.29) is 0 Å². The lowest BCUT2D eigenvalue weighted by molar-refractivity contribution is 0.176. The van der Waals surface area contributed by atoms with Crippen molar-refractivity contribution in [2.75, 3.05) is 14.2 Å². The van der Waals surface area contributed by atoms with Crippen LogP contribution >= 0.6 is 11.6 Å². The lowest BCUT2D eigenvalue weighted by Crippen LogP contribution is -2.04. The molecule has 0 fully saturated rings. The average Bonchev–Trinajstić information content (AvgIpc) is 2.48. The summed E-state index contributed by atoms with van der Waals surface area (Å²) in [5, 5.41) is 11.0. The molecule has 4 heteroatoms. The first-order valence-corrected chi connectivity index (χ1v) is 7.10. The van der Waals surface area contributed by atoms with Gasteiger partial charge in [-0.3, -0.25) is 0 Å². The van der Waals surface area contributed by atoms with Crippen LogP contribution in [0, 0.1) is 0 Å². The molecule has 0 saturated carbocycles. The van der Waals surface area contributed by atoms with Gasteiger partial charge < -0.3 is 14.6 Å². The lowest BCUT2D eigenvalue weighted by Gasteiger charge is -2.14. The zero-order valence-corrected chi connectivity index (χ0v) is 12.9. The van der Waals surface area contributed by atoms with E-state index in [2.05, 4.69) is 0 Å². The number of hydrogen-bond acceptors (Lipinski definition) is 3. The van der Waals surface area contributed by atoms with E-state index in [1.807, 2.05) is 36.4 Å². The summed E-state index contributed by atoms with van der Waals surface area (Å²) in [6.07, 6.45) is -0.151. The molecule has 1 N–H and O–H groups in total. The Balaban J connectivity index is 2.13. The molecular formula is C17H19ClO3. The summed E-state index contributed by atoms with van der Waals surface area (Å²) in [5.41, 5.74) is 2.82. The number of ether oxygens (including phenoxy) is 2. The van der Waals surface area contributed by atoms with Crippen LogP contribution in [0.3, 0.4) is 0 Å². The van der Waals surface area contributed by atoms with Crippen LogP contribution < -0.4 is 4.74 Å². The summed E-state index contributed by atoms with van der Waals surface area (Å²) in [6, 6.07) is 13.1. The van der Waals surface area contributed by atoms with Crippen LogP contribution in [0.25, 0.3) is 0 Å². The van der Waals surface area contributed by atoms with E-state index in [0.29, 0.717) is 18.1 Å². The molecule has 1 unspecified atom stereocenters. The smallest absolute Gasteiger partial charge is 0.122 e. The zero-order chi connectivity index (χ0) is 15.2. The SMILES string of the molecule is COCc1ccc(C(O)Cc2cc(Cl)ccc2OC)cc1. The van der Waals surface area contributed by atoms with Crippen molar-refractivity contribution in [1.82, 2.24) is 0 Å². The van der Waals surface area contributed by atoms with Crippen molar-refractivity contribution in [3.63, 3.8) is 0 Å². The maximum atomic E-state index is 10.4. The maximum absolute atomic E-state index is 10.4. The largest absolute Gasteiger partial charge is 0.496 e. The zero-order valence-electron chi connectivity index (χ0n) is 12.2. The molecule has 0 aliphatic carbocycles. The maximum Gasteiger partial charge on any atom is 0.122 e. The molecule has 0 aromatic heterocycles. The minimum Gasteiger partial charge on any atom is -0.496 e. The highest BCUT2D eigenvalue weighted by atomic mass is 35.5. The van der Waals surface area contributed by atoms with Crippen LogP contribution in [0.5, 0.6) is 5.75 Å². The number of rotatable bonds is 6. The second kappa shape index (κ2) is 7.46. The van der Waals surface area contributed by atoms with Crippen molar-refractivity contribution in [3.05, 3.63) is 64.2 Å². The number of hydrogen-bond donors (Lipinski definition) is 1. The van der Waals surface area contributed by atoms with Crippen LogP contribution in [-0.4, -0.2) is 19.3 Å². The summed E-state index contributed by atoms with van der Waals surface area (Å²) in [7, 11) is 3.27. The molecular weight excluding hydrogens is 288 g/mol. The number of methoxy groups -OCH3 is 2. The first kappa shape index (κ1) is 15.8. The normalized spacial score (nSPS) is 12.2. The quantitative estimate of drug-likeness (QED) is 0.883. The summed E-state index contributed by atoms with van der Waals surface area (Å²) < 4.78 is 10.4. The monoisotopic (exact) mass is 306 g/mol. The van der Waals surface area contributed by atoms with Crippen molar-refractivity contribution >= 4 is 11.6 Å². The predicted molar refractivity (Wildman–Crippen MR) is 83.8 cm³/mol. The molecule has 21 heavy (non-hydrogen) atoms. The molecule has 0 bridgehead atoms. The van der Waals surface area contributed by atoms with Gasteiger partial charge in [0.05, 0.1) is 19.8 Å². The third-order valence-electron chi connectivity index (χ3n) is 3.33. The molecule has 0 aliphatic rings. The van der Waals surface area contributed by atoms with Gasteiger partial charge in [-0.2, -0.15) is 0 Å². The first-order valence-electron chi connectivity index (χ1n) is 6.72. The van der Waals surface area contributed by atoms with Gasteiger partial charge in [0.15, 0.2) is 0 Å². The standard InChI is InChI=1S/C17H19ClO3/c1-20-11-12-3-5-13(6-4-12)16(19)10-14-9-15(18)7-8-17(14)21-2/h3-9,16,19H,10-11H2,1-2H3. The first-order chi connectivity index (χ1) is 10.1. The van der Waals surface area contributed by atoms with Crippen molar-refractivity contribution in [2.45, 2.75) is 19.1 Å². The highest BCUT2D eigenvalue weighted by molar-refractivity contribution is 6.30. The van der Waals surface area contributed by atoms with Gasteiger partial charge in [0.25, 0.3) is 0 Å². The molecule has 112 valence electrons. The van der Waals surface area contributed by atoms with Gasteiger partial charge in [0.2, 0.25) is 0 Å². The second-order valence-electron chi connectivity index (χ2n) is 4.85. The molecule has 2 aromatic rings. The van der Waals surface area contributed by atoms with Gasteiger partial charge in [-0.15, -0.1) is 0 Å². The van der Waals surface area contributed by atoms with Crippen molar-refractivity contribution in [3.8, 4) is 5.75 Å². The summed E-state index contributed by atoms with van der Waals surface area (Å²) in [5.74, 6) is 0.731. The lowest BCUT2D eigenvalue weighted by atomic mass is 10.00. The fourth-order valence-electron chi connectivity index (χ4n) is 2.24. The topological polar surface area (TPSA) is 38.7 Å². The van der Waals surface area contributed by atoms with Crippen molar-refractivity contribution < 1.29 is 14.6 Å². The number of benzene rings is 2. The second-order valence-corrected chi connectivity index (χ2v) is 5.29. The fourth-order valence-corrected chi connectivity index (χ4v) is 2.43. The molecule has 1 atom stereocenters. The van der Waals surface area contributed by atoms with Gasteiger partial charge in [0.1, 0.15) is 5.75 Å². The predicted octanol–water partition coefficient (Wildman–Crippen LogP) is 3.77. The van der Waals surface area contributed by atoms with E-state index < -0.39 is 6.10 Å². The van der Waals surface area contributed by atoms with Crippen molar-refractivity contribution in [2.24, 2.45) is 0 Å². The molecule has 2 aromatic carbocycles. The van der Waals surface area contributed by atoms with Gasteiger partial charge in [-0.1, -0.05) is 35.9 Å². The van der Waals surface area contributed by atoms with Gasteiger partial charge in [-0.25, -0.2) is 0 Å². The van der Waals surface area contributed by atoms with E-state index in [1.54, 1.807) is 20.3 Å². The molecule has 0 heterocycles. The Kier molecular flexibility index (Phi) is 5.62. The van der Waals surface area contributed by atoms with Gasteiger partial charge in [0, 0.05) is 18.6 Å². The molecule has 2 rings (SSSR count). The Morgan fingerprint density at radius 1 is 1.10 bits per heavy atom. The van der Waals surface area contributed by atoms with Crippen molar-refractivity contribution in [1.29, 1.82) is 0 Å². The highest BCUT2D eigenvalue weighted by Crippen LogP contribution is 2.28. The minimum absolute atomic E-state index is 0.452. The third-order valence-corrected chi connectivity index (χ3v) is 3.57. The molecule has 0 saturated heterocycles. The molecule has 0 amide bonds. The van der Waals surface area contributed by atoms with Gasteiger partial charge >= 0.3 is 0 Å². The molecule has 0 aliphatic heterocycles. The summed E-state index contributed by atoms with van der Waals surface area (Å²) in [6.45, 7) is 0.568. The van der Waals surface area contributed by atoms with E-state index in [9.17, 15) is 5.11 Å². The number of aliphatic hydroxyl groups is 1. The van der Waals surface area contributed by atoms with Crippen LogP contribution in [-0.2, 0) is 17.8 Å². The third kappa shape index (κ3) is 4.21. The highest BCUT2D eigenvalue weighted by Gasteiger charge is 2.12. The molecule has 0 radical (unpaired) electrons. The summed E-state index contributed by atoms with van der Waals surface area (Å²) >= 11 is 6.01. The van der Waals surface area contributed by atoms with Crippen LogP contribution in [0.15, 0.2) is 42.5 Å². The van der Waals surface area contributed by atoms with Crippen LogP contribution in [0.1, 0.15) is 22.8 Å². The number of aliphatic hydroxyl groups excluding tert-OH is 1.